The molecule has 0 amide bonds. The fraction of sp³-hybridized carbons (Fsp3) is 0.100. The number of para-hydroxylation sites is 1. The summed E-state index contributed by atoms with van der Waals surface area (Å²) >= 11 is 0. The van der Waals surface area contributed by atoms with Gasteiger partial charge in [0.25, 0.3) is 0 Å². The van der Waals surface area contributed by atoms with Crippen LogP contribution in [0, 0.1) is 11.6 Å². The summed E-state index contributed by atoms with van der Waals surface area (Å²) in [5.74, 6) is -0.568. The van der Waals surface area contributed by atoms with Gasteiger partial charge in [-0.25, -0.2) is 14.2 Å². The molecule has 128 valence electrons. The van der Waals surface area contributed by atoms with E-state index in [9.17, 15) is 8.78 Å². The second kappa shape index (κ2) is 8.26. The number of anilines is 1. The molecule has 0 fully saturated rings. The third-order valence-corrected chi connectivity index (χ3v) is 3.60. The van der Waals surface area contributed by atoms with Crippen LogP contribution in [-0.2, 0) is 13.2 Å². The summed E-state index contributed by atoms with van der Waals surface area (Å²) in [4.78, 5) is 0. The monoisotopic (exact) mass is 340 g/mol. The van der Waals surface area contributed by atoms with Crippen LogP contribution in [0.25, 0.3) is 0 Å². The number of nitrogens with one attached hydrogen (secondary N) is 2. The van der Waals surface area contributed by atoms with Crippen LogP contribution >= 0.6 is 0 Å². The molecule has 5 heteroatoms. The standard InChI is InChI=1S/C20H18F2N2O/c21-17-9-6-15(7-10-17)14-25-20-11-8-16(12-19(20)22)13-23-24-18-4-2-1-3-5-18/h1-12,23-24H,13-14H2. The molecular weight excluding hydrogens is 322 g/mol. The molecular formula is C20H18F2N2O. The molecule has 0 heterocycles. The van der Waals surface area contributed by atoms with Gasteiger partial charge in [0.05, 0.1) is 0 Å². The van der Waals surface area contributed by atoms with Gasteiger partial charge in [-0.2, -0.15) is 0 Å². The molecule has 0 aromatic heterocycles. The zero-order valence-corrected chi connectivity index (χ0v) is 13.5. The van der Waals surface area contributed by atoms with Crippen LogP contribution in [0.2, 0.25) is 0 Å². The minimum atomic E-state index is -0.430. The Balaban J connectivity index is 1.52. The maximum absolute atomic E-state index is 14.1. The van der Waals surface area contributed by atoms with Gasteiger partial charge in [0, 0.05) is 12.2 Å². The maximum Gasteiger partial charge on any atom is 0.165 e. The molecule has 0 aliphatic rings. The molecule has 0 spiro atoms. The lowest BCUT2D eigenvalue weighted by atomic mass is 10.2. The van der Waals surface area contributed by atoms with E-state index in [4.69, 9.17) is 4.74 Å². The Hall–Kier alpha value is -2.92. The molecule has 3 rings (SSSR count). The normalized spacial score (nSPS) is 10.5. The highest BCUT2D eigenvalue weighted by Crippen LogP contribution is 2.20. The Kier molecular flexibility index (Phi) is 5.59. The van der Waals surface area contributed by atoms with Gasteiger partial charge < -0.3 is 10.2 Å². The van der Waals surface area contributed by atoms with Gasteiger partial charge in [0.2, 0.25) is 0 Å². The van der Waals surface area contributed by atoms with E-state index in [1.54, 1.807) is 24.3 Å². The SMILES string of the molecule is Fc1ccc(COc2ccc(CNNc3ccccc3)cc2F)cc1. The van der Waals surface area contributed by atoms with Gasteiger partial charge >= 0.3 is 0 Å². The number of halogens is 2. The molecule has 3 aromatic rings. The Labute approximate surface area is 145 Å². The Morgan fingerprint density at radius 1 is 0.800 bits per heavy atom. The third kappa shape index (κ3) is 5.02. The van der Waals surface area contributed by atoms with Crippen molar-refractivity contribution in [3.05, 3.63) is 95.6 Å². The minimum absolute atomic E-state index is 0.170. The quantitative estimate of drug-likeness (QED) is 0.614. The zero-order valence-electron chi connectivity index (χ0n) is 13.5. The molecule has 2 N–H and O–H groups in total. The average molecular weight is 340 g/mol. The number of hydrogen-bond acceptors (Lipinski definition) is 3. The van der Waals surface area contributed by atoms with Crippen molar-refractivity contribution in [3.8, 4) is 5.75 Å². The average Bonchev–Trinajstić information content (AvgIpc) is 2.63. The van der Waals surface area contributed by atoms with Crippen molar-refractivity contribution < 1.29 is 13.5 Å². The third-order valence-electron chi connectivity index (χ3n) is 3.60. The van der Waals surface area contributed by atoms with Gasteiger partial charge in [-0.15, -0.1) is 0 Å². The second-order valence-electron chi connectivity index (χ2n) is 5.52. The summed E-state index contributed by atoms with van der Waals surface area (Å²) in [6.07, 6.45) is 0. The van der Waals surface area contributed by atoms with Crippen LogP contribution in [0.4, 0.5) is 14.5 Å². The molecule has 0 aliphatic carbocycles. The van der Waals surface area contributed by atoms with Crippen molar-refractivity contribution in [2.45, 2.75) is 13.2 Å². The van der Waals surface area contributed by atoms with E-state index >= 15 is 0 Å². The topological polar surface area (TPSA) is 33.3 Å². The predicted molar refractivity (Wildman–Crippen MR) is 94.0 cm³/mol. The fourth-order valence-corrected chi connectivity index (χ4v) is 2.28. The van der Waals surface area contributed by atoms with Crippen LogP contribution in [0.5, 0.6) is 5.75 Å². The van der Waals surface area contributed by atoms with E-state index in [0.717, 1.165) is 16.8 Å². The van der Waals surface area contributed by atoms with E-state index in [1.165, 1.54) is 18.2 Å². The van der Waals surface area contributed by atoms with E-state index in [2.05, 4.69) is 10.9 Å². The maximum atomic E-state index is 14.1. The van der Waals surface area contributed by atoms with E-state index in [1.807, 2.05) is 30.3 Å². The fourth-order valence-electron chi connectivity index (χ4n) is 2.28. The number of hydrogen-bond donors (Lipinski definition) is 2. The molecule has 3 aromatic carbocycles. The Bertz CT molecular complexity index is 808. The van der Waals surface area contributed by atoms with Crippen LogP contribution in [0.1, 0.15) is 11.1 Å². The predicted octanol–water partition coefficient (Wildman–Crippen LogP) is 4.66. The van der Waals surface area contributed by atoms with E-state index in [-0.39, 0.29) is 18.2 Å². The number of rotatable bonds is 7. The van der Waals surface area contributed by atoms with Gasteiger partial charge in [-0.05, 0) is 47.5 Å². The van der Waals surface area contributed by atoms with Crippen LogP contribution in [-0.4, -0.2) is 0 Å². The Morgan fingerprint density at radius 3 is 2.24 bits per heavy atom. The molecule has 0 radical (unpaired) electrons. The number of benzene rings is 3. The van der Waals surface area contributed by atoms with Crippen molar-refractivity contribution in [2.75, 3.05) is 5.43 Å². The second-order valence-corrected chi connectivity index (χ2v) is 5.52. The Morgan fingerprint density at radius 2 is 1.52 bits per heavy atom. The van der Waals surface area contributed by atoms with Gasteiger partial charge in [0.15, 0.2) is 11.6 Å². The molecule has 0 atom stereocenters. The van der Waals surface area contributed by atoms with Crippen molar-refractivity contribution in [1.82, 2.24) is 5.43 Å². The van der Waals surface area contributed by atoms with E-state index in [0.29, 0.717) is 6.54 Å². The first-order valence-electron chi connectivity index (χ1n) is 7.90. The van der Waals surface area contributed by atoms with Crippen LogP contribution < -0.4 is 15.6 Å². The first-order valence-corrected chi connectivity index (χ1v) is 7.90. The molecule has 0 unspecified atom stereocenters. The number of hydrazine groups is 1. The summed E-state index contributed by atoms with van der Waals surface area (Å²) in [5.41, 5.74) is 8.58. The first kappa shape index (κ1) is 16.9. The summed E-state index contributed by atoms with van der Waals surface area (Å²) in [6.45, 7) is 0.647. The molecule has 0 bridgehead atoms. The summed E-state index contributed by atoms with van der Waals surface area (Å²) < 4.78 is 32.4. The summed E-state index contributed by atoms with van der Waals surface area (Å²) in [5, 5.41) is 0. The van der Waals surface area contributed by atoms with Crippen LogP contribution in [0.3, 0.4) is 0 Å². The first-order chi connectivity index (χ1) is 12.2. The number of ether oxygens (including phenoxy) is 1. The lowest BCUT2D eigenvalue weighted by molar-refractivity contribution is 0.290. The smallest absolute Gasteiger partial charge is 0.165 e. The van der Waals surface area contributed by atoms with Crippen molar-refractivity contribution in [2.24, 2.45) is 0 Å². The molecule has 25 heavy (non-hydrogen) atoms. The van der Waals surface area contributed by atoms with Gasteiger partial charge in [0.1, 0.15) is 12.4 Å². The summed E-state index contributed by atoms with van der Waals surface area (Å²) in [6, 6.07) is 20.4. The van der Waals surface area contributed by atoms with Gasteiger partial charge in [-0.1, -0.05) is 36.4 Å². The van der Waals surface area contributed by atoms with Crippen molar-refractivity contribution in [1.29, 1.82) is 0 Å². The highest BCUT2D eigenvalue weighted by Gasteiger charge is 2.05. The largest absolute Gasteiger partial charge is 0.486 e. The molecule has 0 aliphatic heterocycles. The molecule has 0 saturated heterocycles. The van der Waals surface area contributed by atoms with E-state index < -0.39 is 5.82 Å². The lowest BCUT2D eigenvalue weighted by Crippen LogP contribution is -2.20. The minimum Gasteiger partial charge on any atom is -0.486 e. The summed E-state index contributed by atoms with van der Waals surface area (Å²) in [7, 11) is 0. The molecule has 3 nitrogen and oxygen atoms in total. The van der Waals surface area contributed by atoms with Crippen LogP contribution in [0.15, 0.2) is 72.8 Å². The highest BCUT2D eigenvalue weighted by atomic mass is 19.1. The van der Waals surface area contributed by atoms with Crippen molar-refractivity contribution in [3.63, 3.8) is 0 Å². The van der Waals surface area contributed by atoms with Crippen molar-refractivity contribution >= 4 is 5.69 Å². The van der Waals surface area contributed by atoms with Gasteiger partial charge in [-0.3, -0.25) is 0 Å². The zero-order chi connectivity index (χ0) is 17.5. The lowest BCUT2D eigenvalue weighted by Gasteiger charge is -2.11. The molecule has 0 saturated carbocycles. The highest BCUT2D eigenvalue weighted by molar-refractivity contribution is 5.41.